The second-order valence-electron chi connectivity index (χ2n) is 2.31. The standard InChI is InChI=1S/C7H6ClFO2S/c8-7-3-1-2-6(4-7)5-12(9,10)11/h1-4H,5H2. The number of hydrogen-bond acceptors (Lipinski definition) is 2. The van der Waals surface area contributed by atoms with Gasteiger partial charge in [-0.25, -0.2) is 0 Å². The highest BCUT2D eigenvalue weighted by atomic mass is 35.5. The Morgan fingerprint density at radius 2 is 2.08 bits per heavy atom. The summed E-state index contributed by atoms with van der Waals surface area (Å²) in [7, 11) is -4.45. The summed E-state index contributed by atoms with van der Waals surface area (Å²) in [4.78, 5) is 0. The van der Waals surface area contributed by atoms with E-state index in [-0.39, 0.29) is 0 Å². The summed E-state index contributed by atoms with van der Waals surface area (Å²) in [5.74, 6) is -0.618. The average Bonchev–Trinajstić information content (AvgIpc) is 1.82. The van der Waals surface area contributed by atoms with Crippen LogP contribution in [0.2, 0.25) is 5.02 Å². The molecule has 1 aromatic carbocycles. The maximum atomic E-state index is 12.1. The third-order valence-corrected chi connectivity index (χ3v) is 2.14. The van der Waals surface area contributed by atoms with Crippen LogP contribution < -0.4 is 0 Å². The lowest BCUT2D eigenvalue weighted by molar-refractivity contribution is 0.551. The van der Waals surface area contributed by atoms with E-state index >= 15 is 0 Å². The van der Waals surface area contributed by atoms with Gasteiger partial charge >= 0.3 is 10.2 Å². The molecule has 1 rings (SSSR count). The largest absolute Gasteiger partial charge is 0.306 e. The SMILES string of the molecule is O=S(=O)(F)Cc1cccc(Cl)c1. The third-order valence-electron chi connectivity index (χ3n) is 1.23. The van der Waals surface area contributed by atoms with Crippen molar-refractivity contribution in [1.82, 2.24) is 0 Å². The molecular weight excluding hydrogens is 203 g/mol. The molecule has 5 heteroatoms. The molecule has 0 fully saturated rings. The number of halogens is 2. The summed E-state index contributed by atoms with van der Waals surface area (Å²) in [5, 5.41) is 0.399. The Morgan fingerprint density at radius 1 is 1.42 bits per heavy atom. The first-order chi connectivity index (χ1) is 5.47. The van der Waals surface area contributed by atoms with E-state index in [0.717, 1.165) is 0 Å². The van der Waals surface area contributed by atoms with E-state index in [2.05, 4.69) is 0 Å². The van der Waals surface area contributed by atoms with E-state index in [0.29, 0.717) is 10.6 Å². The molecule has 0 aliphatic heterocycles. The Balaban J connectivity index is 2.91. The van der Waals surface area contributed by atoms with E-state index in [1.165, 1.54) is 12.1 Å². The van der Waals surface area contributed by atoms with Crippen LogP contribution in [0.3, 0.4) is 0 Å². The highest BCUT2D eigenvalue weighted by molar-refractivity contribution is 7.85. The van der Waals surface area contributed by atoms with E-state index in [1.807, 2.05) is 0 Å². The van der Waals surface area contributed by atoms with Gasteiger partial charge in [0.2, 0.25) is 0 Å². The van der Waals surface area contributed by atoms with Crippen molar-refractivity contribution in [3.8, 4) is 0 Å². The van der Waals surface area contributed by atoms with Gasteiger partial charge < -0.3 is 0 Å². The predicted octanol–water partition coefficient (Wildman–Crippen LogP) is 2.14. The summed E-state index contributed by atoms with van der Waals surface area (Å²) >= 11 is 5.56. The maximum Gasteiger partial charge on any atom is 0.306 e. The zero-order valence-electron chi connectivity index (χ0n) is 6.00. The predicted molar refractivity (Wildman–Crippen MR) is 45.2 cm³/mol. The molecule has 0 heterocycles. The Kier molecular flexibility index (Phi) is 2.69. The Morgan fingerprint density at radius 3 is 2.58 bits per heavy atom. The first kappa shape index (κ1) is 9.48. The van der Waals surface area contributed by atoms with Crippen LogP contribution in [-0.4, -0.2) is 8.42 Å². The van der Waals surface area contributed by atoms with E-state index in [1.54, 1.807) is 12.1 Å². The van der Waals surface area contributed by atoms with Crippen LogP contribution in [-0.2, 0) is 16.0 Å². The molecule has 0 saturated heterocycles. The van der Waals surface area contributed by atoms with Crippen molar-refractivity contribution in [2.24, 2.45) is 0 Å². The molecule has 1 aromatic rings. The Labute approximate surface area is 75.2 Å². The number of rotatable bonds is 2. The smallest absolute Gasteiger partial charge is 0.194 e. The van der Waals surface area contributed by atoms with Gasteiger partial charge in [-0.2, -0.15) is 8.42 Å². The lowest BCUT2D eigenvalue weighted by atomic mass is 10.2. The highest BCUT2D eigenvalue weighted by Crippen LogP contribution is 2.13. The fourth-order valence-electron chi connectivity index (χ4n) is 0.826. The van der Waals surface area contributed by atoms with Gasteiger partial charge in [-0.15, -0.1) is 3.89 Å². The first-order valence-corrected chi connectivity index (χ1v) is 5.07. The number of benzene rings is 1. The summed E-state index contributed by atoms with van der Waals surface area (Å²) in [5.41, 5.74) is 0.352. The fourth-order valence-corrected chi connectivity index (χ4v) is 1.62. The van der Waals surface area contributed by atoms with Crippen molar-refractivity contribution < 1.29 is 12.3 Å². The third kappa shape index (κ3) is 3.19. The lowest BCUT2D eigenvalue weighted by Gasteiger charge is -1.96. The Bertz CT molecular complexity index is 375. The normalized spacial score (nSPS) is 11.5. The van der Waals surface area contributed by atoms with Crippen LogP contribution in [0, 0.1) is 0 Å². The van der Waals surface area contributed by atoms with Gasteiger partial charge in [0, 0.05) is 5.02 Å². The van der Waals surface area contributed by atoms with Gasteiger partial charge in [-0.3, -0.25) is 0 Å². The second-order valence-corrected chi connectivity index (χ2v) is 4.12. The average molecular weight is 209 g/mol. The highest BCUT2D eigenvalue weighted by Gasteiger charge is 2.08. The molecule has 0 saturated carbocycles. The van der Waals surface area contributed by atoms with Crippen molar-refractivity contribution in [1.29, 1.82) is 0 Å². The molecule has 66 valence electrons. The van der Waals surface area contributed by atoms with E-state index in [4.69, 9.17) is 11.6 Å². The van der Waals surface area contributed by atoms with Crippen LogP contribution in [0.15, 0.2) is 24.3 Å². The molecule has 12 heavy (non-hydrogen) atoms. The molecule has 0 aromatic heterocycles. The van der Waals surface area contributed by atoms with E-state index < -0.39 is 16.0 Å². The van der Waals surface area contributed by atoms with E-state index in [9.17, 15) is 12.3 Å². The molecule has 0 atom stereocenters. The van der Waals surface area contributed by atoms with Gasteiger partial charge in [-0.1, -0.05) is 23.7 Å². The quantitative estimate of drug-likeness (QED) is 0.698. The van der Waals surface area contributed by atoms with Crippen molar-refractivity contribution in [3.05, 3.63) is 34.9 Å². The molecule has 0 radical (unpaired) electrons. The van der Waals surface area contributed by atoms with Crippen LogP contribution in [0.25, 0.3) is 0 Å². The Hall–Kier alpha value is -0.610. The molecule has 0 amide bonds. The van der Waals surface area contributed by atoms with Crippen LogP contribution in [0.4, 0.5) is 3.89 Å². The second kappa shape index (κ2) is 3.41. The van der Waals surface area contributed by atoms with Gasteiger partial charge in [0.1, 0.15) is 5.75 Å². The number of hydrogen-bond donors (Lipinski definition) is 0. The van der Waals surface area contributed by atoms with Crippen LogP contribution in [0.5, 0.6) is 0 Å². The molecule has 2 nitrogen and oxygen atoms in total. The summed E-state index contributed by atoms with van der Waals surface area (Å²) in [6.45, 7) is 0. The van der Waals surface area contributed by atoms with Crippen molar-refractivity contribution in [3.63, 3.8) is 0 Å². The topological polar surface area (TPSA) is 34.1 Å². The van der Waals surface area contributed by atoms with Gasteiger partial charge in [0.25, 0.3) is 0 Å². The molecule has 0 unspecified atom stereocenters. The summed E-state index contributed by atoms with van der Waals surface area (Å²) < 4.78 is 32.5. The minimum Gasteiger partial charge on any atom is -0.194 e. The fraction of sp³-hybridized carbons (Fsp3) is 0.143. The first-order valence-electron chi connectivity index (χ1n) is 3.14. The van der Waals surface area contributed by atoms with Crippen LogP contribution >= 0.6 is 11.6 Å². The zero-order chi connectivity index (χ0) is 9.19. The zero-order valence-corrected chi connectivity index (χ0v) is 7.57. The molecule has 0 N–H and O–H groups in total. The van der Waals surface area contributed by atoms with Gasteiger partial charge in [0.15, 0.2) is 0 Å². The van der Waals surface area contributed by atoms with Crippen LogP contribution in [0.1, 0.15) is 5.56 Å². The van der Waals surface area contributed by atoms with Gasteiger partial charge in [0.05, 0.1) is 0 Å². The van der Waals surface area contributed by atoms with Crippen molar-refractivity contribution >= 4 is 21.8 Å². The summed E-state index contributed by atoms with van der Waals surface area (Å²) in [6, 6.07) is 6.08. The lowest BCUT2D eigenvalue weighted by Crippen LogP contribution is -1.95. The molecule has 0 aliphatic rings. The van der Waals surface area contributed by atoms with Gasteiger partial charge in [-0.05, 0) is 17.7 Å². The summed E-state index contributed by atoms with van der Waals surface area (Å²) in [6.07, 6.45) is 0. The molecular formula is C7H6ClFO2S. The van der Waals surface area contributed by atoms with Crippen molar-refractivity contribution in [2.75, 3.05) is 0 Å². The van der Waals surface area contributed by atoms with Crippen molar-refractivity contribution in [2.45, 2.75) is 5.75 Å². The minimum absolute atomic E-state index is 0.352. The molecule has 0 spiro atoms. The molecule has 0 bridgehead atoms. The monoisotopic (exact) mass is 208 g/mol. The molecule has 0 aliphatic carbocycles. The maximum absolute atomic E-state index is 12.1. The minimum atomic E-state index is -4.45.